The number of esters is 1. The van der Waals surface area contributed by atoms with Gasteiger partial charge in [-0.1, -0.05) is 6.58 Å². The normalized spacial score (nSPS) is 36.5. The van der Waals surface area contributed by atoms with Gasteiger partial charge in [-0.25, -0.2) is 0 Å². The van der Waals surface area contributed by atoms with Crippen molar-refractivity contribution in [3.8, 4) is 0 Å². The highest BCUT2D eigenvalue weighted by molar-refractivity contribution is 5.66. The second-order valence-corrected chi connectivity index (χ2v) is 4.90. The zero-order valence-electron chi connectivity index (χ0n) is 11.2. The number of hydrogen-bond donors (Lipinski definition) is 1. The molecule has 0 spiro atoms. The Bertz CT molecular complexity index is 355. The Kier molecular flexibility index (Phi) is 4.57. The van der Waals surface area contributed by atoms with Crippen molar-refractivity contribution in [2.75, 3.05) is 13.7 Å². The number of hydrogen-bond acceptors (Lipinski definition) is 6. The summed E-state index contributed by atoms with van der Waals surface area (Å²) >= 11 is 0. The van der Waals surface area contributed by atoms with Crippen LogP contribution in [0, 0.1) is 0 Å². The first-order chi connectivity index (χ1) is 9.02. The van der Waals surface area contributed by atoms with Crippen LogP contribution in [0.25, 0.3) is 0 Å². The Hall–Kier alpha value is -0.950. The molecular formula is C13H20O6. The second-order valence-electron chi connectivity index (χ2n) is 4.90. The molecule has 0 aliphatic carbocycles. The maximum Gasteiger partial charge on any atom is 0.302 e. The van der Waals surface area contributed by atoms with Gasteiger partial charge in [0.1, 0.15) is 24.9 Å². The van der Waals surface area contributed by atoms with E-state index < -0.39 is 12.4 Å². The van der Waals surface area contributed by atoms with E-state index in [4.69, 9.17) is 18.9 Å². The van der Waals surface area contributed by atoms with Crippen LogP contribution < -0.4 is 0 Å². The van der Waals surface area contributed by atoms with Gasteiger partial charge in [0, 0.05) is 14.0 Å². The van der Waals surface area contributed by atoms with E-state index in [0.717, 1.165) is 5.57 Å². The fraction of sp³-hybridized carbons (Fsp3) is 0.769. The van der Waals surface area contributed by atoms with Gasteiger partial charge in [0.15, 0.2) is 6.29 Å². The Balaban J connectivity index is 1.75. The van der Waals surface area contributed by atoms with Crippen LogP contribution >= 0.6 is 0 Å². The Morgan fingerprint density at radius 2 is 2.11 bits per heavy atom. The Morgan fingerprint density at radius 1 is 1.37 bits per heavy atom. The summed E-state index contributed by atoms with van der Waals surface area (Å²) in [6, 6.07) is 0. The number of aliphatic hydroxyl groups excluding tert-OH is 1. The molecule has 0 saturated carbocycles. The van der Waals surface area contributed by atoms with Gasteiger partial charge in [-0.05, 0) is 18.4 Å². The lowest BCUT2D eigenvalue weighted by Crippen LogP contribution is -2.45. The number of carbonyl (C=O) groups is 1. The highest BCUT2D eigenvalue weighted by Gasteiger charge is 2.57. The summed E-state index contributed by atoms with van der Waals surface area (Å²) < 4.78 is 21.0. The highest BCUT2D eigenvalue weighted by Crippen LogP contribution is 2.39. The fourth-order valence-corrected chi connectivity index (χ4v) is 2.22. The van der Waals surface area contributed by atoms with Crippen molar-refractivity contribution in [2.24, 2.45) is 0 Å². The lowest BCUT2D eigenvalue weighted by molar-refractivity contribution is -0.200. The van der Waals surface area contributed by atoms with Crippen molar-refractivity contribution in [3.05, 3.63) is 12.2 Å². The van der Waals surface area contributed by atoms with Gasteiger partial charge < -0.3 is 24.1 Å². The van der Waals surface area contributed by atoms with Crippen molar-refractivity contribution in [1.29, 1.82) is 0 Å². The number of aliphatic hydroxyl groups is 1. The van der Waals surface area contributed by atoms with E-state index in [-0.39, 0.29) is 30.9 Å². The molecule has 2 rings (SSSR count). The largest absolute Gasteiger partial charge is 0.461 e. The predicted octanol–water partition coefficient (Wildman–Crippen LogP) is 0.385. The fourth-order valence-electron chi connectivity index (χ4n) is 2.22. The molecule has 0 bridgehead atoms. The standard InChI is InChI=1S/C13H20O6/c1-7(6-17-8(2)14)4-5-9-10(15)11-12(19-11)13(16-3)18-9/h9-13,15H,1,4-6H2,2-3H3/t9-,10-,11-,12-,13+/m1/s1. The number of epoxide rings is 1. The molecule has 5 atom stereocenters. The molecule has 2 aliphatic rings. The minimum atomic E-state index is -0.641. The van der Waals surface area contributed by atoms with Crippen LogP contribution in [0.3, 0.4) is 0 Å². The molecule has 0 unspecified atom stereocenters. The van der Waals surface area contributed by atoms with Crippen molar-refractivity contribution in [1.82, 2.24) is 0 Å². The molecule has 1 N–H and O–H groups in total. The summed E-state index contributed by atoms with van der Waals surface area (Å²) in [7, 11) is 1.55. The van der Waals surface area contributed by atoms with Crippen LogP contribution in [0.4, 0.5) is 0 Å². The zero-order valence-corrected chi connectivity index (χ0v) is 11.2. The van der Waals surface area contributed by atoms with Gasteiger partial charge in [-0.2, -0.15) is 0 Å². The van der Waals surface area contributed by atoms with Crippen molar-refractivity contribution in [3.63, 3.8) is 0 Å². The lowest BCUT2D eigenvalue weighted by atomic mass is 9.99. The quantitative estimate of drug-likeness (QED) is 0.428. The molecule has 2 heterocycles. The number of fused-ring (bicyclic) bond motifs is 1. The van der Waals surface area contributed by atoms with Crippen LogP contribution in [-0.2, 0) is 23.7 Å². The molecule has 0 aromatic carbocycles. The molecular weight excluding hydrogens is 252 g/mol. The van der Waals surface area contributed by atoms with Crippen molar-refractivity contribution >= 4 is 5.97 Å². The summed E-state index contributed by atoms with van der Waals surface area (Å²) in [4.78, 5) is 10.7. The van der Waals surface area contributed by atoms with E-state index in [2.05, 4.69) is 6.58 Å². The van der Waals surface area contributed by atoms with E-state index in [1.165, 1.54) is 6.92 Å². The van der Waals surface area contributed by atoms with Gasteiger partial charge in [0.2, 0.25) is 0 Å². The summed E-state index contributed by atoms with van der Waals surface area (Å²) in [5.74, 6) is -0.330. The third-order valence-corrected chi connectivity index (χ3v) is 3.35. The molecule has 2 saturated heterocycles. The average Bonchev–Trinajstić information content (AvgIpc) is 3.16. The number of ether oxygens (including phenoxy) is 4. The SMILES string of the molecule is C=C(CC[C@H]1O[C@H](OC)[C@@H]2O[C@@H]2[C@@H]1O)COC(C)=O. The Morgan fingerprint density at radius 3 is 2.74 bits per heavy atom. The monoisotopic (exact) mass is 272 g/mol. The van der Waals surface area contributed by atoms with E-state index in [0.29, 0.717) is 12.8 Å². The molecule has 6 heteroatoms. The van der Waals surface area contributed by atoms with Gasteiger partial charge in [0.05, 0.1) is 6.10 Å². The van der Waals surface area contributed by atoms with Gasteiger partial charge in [-0.3, -0.25) is 4.79 Å². The van der Waals surface area contributed by atoms with Gasteiger partial charge >= 0.3 is 5.97 Å². The van der Waals surface area contributed by atoms with Crippen molar-refractivity contribution < 1.29 is 28.8 Å². The van der Waals surface area contributed by atoms with E-state index >= 15 is 0 Å². The number of rotatable bonds is 6. The van der Waals surface area contributed by atoms with Crippen LogP contribution in [0.15, 0.2) is 12.2 Å². The maximum absolute atomic E-state index is 10.7. The molecule has 0 radical (unpaired) electrons. The zero-order chi connectivity index (χ0) is 14.0. The van der Waals surface area contributed by atoms with Gasteiger partial charge in [0.25, 0.3) is 0 Å². The molecule has 0 amide bonds. The molecule has 0 aromatic rings. The van der Waals surface area contributed by atoms with E-state index in [1.54, 1.807) is 7.11 Å². The average molecular weight is 272 g/mol. The van der Waals surface area contributed by atoms with Crippen LogP contribution in [-0.4, -0.2) is 55.5 Å². The molecule has 19 heavy (non-hydrogen) atoms. The van der Waals surface area contributed by atoms with Crippen LogP contribution in [0.2, 0.25) is 0 Å². The summed E-state index contributed by atoms with van der Waals surface area (Å²) in [6.45, 7) is 5.39. The second kappa shape index (κ2) is 6.00. The molecule has 6 nitrogen and oxygen atoms in total. The molecule has 2 fully saturated rings. The van der Waals surface area contributed by atoms with E-state index in [9.17, 15) is 9.90 Å². The minimum absolute atomic E-state index is 0.152. The summed E-state index contributed by atoms with van der Waals surface area (Å²) in [6.07, 6.45) is -0.539. The predicted molar refractivity (Wildman–Crippen MR) is 65.3 cm³/mol. The van der Waals surface area contributed by atoms with E-state index in [1.807, 2.05) is 0 Å². The first kappa shape index (κ1) is 14.5. The van der Waals surface area contributed by atoms with Gasteiger partial charge in [-0.15, -0.1) is 0 Å². The summed E-state index contributed by atoms with van der Waals surface area (Å²) in [5.41, 5.74) is 0.791. The molecule has 2 aliphatic heterocycles. The van der Waals surface area contributed by atoms with Crippen LogP contribution in [0.1, 0.15) is 19.8 Å². The third-order valence-electron chi connectivity index (χ3n) is 3.35. The minimum Gasteiger partial charge on any atom is -0.461 e. The summed E-state index contributed by atoms with van der Waals surface area (Å²) in [5, 5.41) is 10.0. The van der Waals surface area contributed by atoms with Crippen LogP contribution in [0.5, 0.6) is 0 Å². The lowest BCUT2D eigenvalue weighted by Gasteiger charge is -2.30. The topological polar surface area (TPSA) is 77.5 Å². The first-order valence-corrected chi connectivity index (χ1v) is 6.34. The first-order valence-electron chi connectivity index (χ1n) is 6.34. The molecule has 0 aromatic heterocycles. The Labute approximate surface area is 112 Å². The molecule has 108 valence electrons. The number of methoxy groups -OCH3 is 1. The smallest absolute Gasteiger partial charge is 0.302 e. The number of carbonyl (C=O) groups excluding carboxylic acids is 1. The maximum atomic E-state index is 10.7. The third kappa shape index (κ3) is 3.54. The van der Waals surface area contributed by atoms with Crippen molar-refractivity contribution in [2.45, 2.75) is 50.5 Å². The highest BCUT2D eigenvalue weighted by atomic mass is 16.7.